The molecule has 0 aromatic carbocycles. The molecular formula is C17H27Cl2N5O2. The zero-order chi connectivity index (χ0) is 17.3. The van der Waals surface area contributed by atoms with Crippen molar-refractivity contribution >= 4 is 41.8 Å². The molecule has 0 unspecified atom stereocenters. The summed E-state index contributed by atoms with van der Waals surface area (Å²) in [5, 5.41) is 6.69. The van der Waals surface area contributed by atoms with Gasteiger partial charge in [0.05, 0.1) is 5.39 Å². The third-order valence-electron chi connectivity index (χ3n) is 4.86. The van der Waals surface area contributed by atoms with Gasteiger partial charge >= 0.3 is 0 Å². The van der Waals surface area contributed by atoms with E-state index in [1.807, 2.05) is 18.7 Å². The second-order valence-electron chi connectivity index (χ2n) is 6.48. The summed E-state index contributed by atoms with van der Waals surface area (Å²) >= 11 is 0. The highest BCUT2D eigenvalue weighted by Crippen LogP contribution is 2.21. The molecule has 0 bridgehead atoms. The van der Waals surface area contributed by atoms with Crippen LogP contribution in [0.25, 0.3) is 11.0 Å². The number of hydrogen-bond donors (Lipinski definition) is 2. The van der Waals surface area contributed by atoms with Crippen LogP contribution in [-0.2, 0) is 18.3 Å². The SMILES string of the molecule is Cc1nc2c(c(C)c1CCC(=O)N1CCCNCC1)c(=O)[nH]n2C.Cl.Cl. The van der Waals surface area contributed by atoms with E-state index < -0.39 is 0 Å². The third-order valence-corrected chi connectivity index (χ3v) is 4.86. The summed E-state index contributed by atoms with van der Waals surface area (Å²) < 4.78 is 1.65. The highest BCUT2D eigenvalue weighted by Gasteiger charge is 2.18. The molecule has 0 aliphatic carbocycles. The Balaban J connectivity index is 0.00000169. The van der Waals surface area contributed by atoms with Crippen LogP contribution in [0.3, 0.4) is 0 Å². The van der Waals surface area contributed by atoms with Crippen LogP contribution in [0.1, 0.15) is 29.7 Å². The molecule has 3 heterocycles. The van der Waals surface area contributed by atoms with Crippen LogP contribution in [0.15, 0.2) is 4.79 Å². The van der Waals surface area contributed by atoms with Crippen LogP contribution in [0.5, 0.6) is 0 Å². The van der Waals surface area contributed by atoms with Gasteiger partial charge in [0.15, 0.2) is 5.65 Å². The molecule has 0 saturated carbocycles. The zero-order valence-electron chi connectivity index (χ0n) is 15.4. The monoisotopic (exact) mass is 403 g/mol. The highest BCUT2D eigenvalue weighted by atomic mass is 35.5. The number of fused-ring (bicyclic) bond motifs is 1. The zero-order valence-corrected chi connectivity index (χ0v) is 17.1. The highest BCUT2D eigenvalue weighted by molar-refractivity contribution is 5.85. The summed E-state index contributed by atoms with van der Waals surface area (Å²) in [6.45, 7) is 7.31. The molecule has 9 heteroatoms. The van der Waals surface area contributed by atoms with E-state index >= 15 is 0 Å². The molecule has 1 fully saturated rings. The summed E-state index contributed by atoms with van der Waals surface area (Å²) in [4.78, 5) is 31.1. The van der Waals surface area contributed by atoms with Gasteiger partial charge in [0, 0.05) is 38.8 Å². The summed E-state index contributed by atoms with van der Waals surface area (Å²) in [5.74, 6) is 0.180. The van der Waals surface area contributed by atoms with Crippen LogP contribution in [-0.4, -0.2) is 51.8 Å². The van der Waals surface area contributed by atoms with Crippen molar-refractivity contribution in [2.24, 2.45) is 7.05 Å². The van der Waals surface area contributed by atoms with Crippen molar-refractivity contribution in [2.45, 2.75) is 33.1 Å². The van der Waals surface area contributed by atoms with E-state index in [0.29, 0.717) is 23.9 Å². The second-order valence-corrected chi connectivity index (χ2v) is 6.48. The van der Waals surface area contributed by atoms with E-state index in [0.717, 1.165) is 49.4 Å². The summed E-state index contributed by atoms with van der Waals surface area (Å²) in [6.07, 6.45) is 2.08. The molecule has 0 spiro atoms. The Kier molecular flexibility index (Phi) is 8.12. The van der Waals surface area contributed by atoms with Crippen molar-refractivity contribution < 1.29 is 4.79 Å². The number of carbonyl (C=O) groups excluding carboxylic acids is 1. The van der Waals surface area contributed by atoms with Crippen molar-refractivity contribution in [3.8, 4) is 0 Å². The molecule has 1 aliphatic rings. The molecule has 3 rings (SSSR count). The number of H-pyrrole nitrogens is 1. The van der Waals surface area contributed by atoms with Crippen LogP contribution in [0.4, 0.5) is 0 Å². The van der Waals surface area contributed by atoms with Gasteiger partial charge < -0.3 is 10.2 Å². The second kappa shape index (κ2) is 9.39. The lowest BCUT2D eigenvalue weighted by molar-refractivity contribution is -0.130. The molecule has 1 aliphatic heterocycles. The van der Waals surface area contributed by atoms with Gasteiger partial charge in [-0.2, -0.15) is 0 Å². The predicted molar refractivity (Wildman–Crippen MR) is 108 cm³/mol. The first-order valence-electron chi connectivity index (χ1n) is 8.52. The van der Waals surface area contributed by atoms with E-state index in [-0.39, 0.29) is 36.3 Å². The Hall–Kier alpha value is -1.57. The van der Waals surface area contributed by atoms with Gasteiger partial charge in [-0.15, -0.1) is 24.8 Å². The van der Waals surface area contributed by atoms with Gasteiger partial charge in [-0.25, -0.2) is 4.98 Å². The van der Waals surface area contributed by atoms with Gasteiger partial charge in [-0.05, 0) is 44.4 Å². The number of pyridine rings is 1. The number of aromatic amines is 1. The lowest BCUT2D eigenvalue weighted by Crippen LogP contribution is -2.34. The maximum atomic E-state index is 12.5. The lowest BCUT2D eigenvalue weighted by Gasteiger charge is -2.20. The number of aryl methyl sites for hydroxylation is 3. The molecule has 1 saturated heterocycles. The van der Waals surface area contributed by atoms with Crippen LogP contribution >= 0.6 is 24.8 Å². The molecule has 0 radical (unpaired) electrons. The van der Waals surface area contributed by atoms with Crippen LogP contribution in [0.2, 0.25) is 0 Å². The standard InChI is InChI=1S/C17H25N5O2.2ClH/c1-11-13(5-6-14(23)22-9-4-7-18-8-10-22)12(2)19-16-15(11)17(24)20-21(16)3;;/h18H,4-10H2,1-3H3,(H,20,24);2*1H. The number of rotatable bonds is 3. The largest absolute Gasteiger partial charge is 0.341 e. The van der Waals surface area contributed by atoms with Gasteiger partial charge in [0.2, 0.25) is 5.91 Å². The van der Waals surface area contributed by atoms with Crippen molar-refractivity contribution in [2.75, 3.05) is 26.2 Å². The summed E-state index contributed by atoms with van der Waals surface area (Å²) in [7, 11) is 1.78. The molecule has 146 valence electrons. The molecule has 2 aromatic rings. The summed E-state index contributed by atoms with van der Waals surface area (Å²) in [6, 6.07) is 0. The molecular weight excluding hydrogens is 377 g/mol. The van der Waals surface area contributed by atoms with Gasteiger partial charge in [0.25, 0.3) is 5.56 Å². The average Bonchev–Trinajstić information content (AvgIpc) is 2.73. The van der Waals surface area contributed by atoms with Crippen LogP contribution in [0, 0.1) is 13.8 Å². The maximum Gasteiger partial charge on any atom is 0.273 e. The van der Waals surface area contributed by atoms with Gasteiger partial charge in [-0.3, -0.25) is 19.4 Å². The number of nitrogens with zero attached hydrogens (tertiary/aromatic N) is 3. The molecule has 0 atom stereocenters. The minimum Gasteiger partial charge on any atom is -0.341 e. The van der Waals surface area contributed by atoms with Gasteiger partial charge in [-0.1, -0.05) is 0 Å². The number of nitrogens with one attached hydrogen (secondary N) is 2. The van der Waals surface area contributed by atoms with E-state index in [4.69, 9.17) is 0 Å². The Morgan fingerprint density at radius 1 is 1.19 bits per heavy atom. The first-order chi connectivity index (χ1) is 11.5. The third kappa shape index (κ3) is 4.39. The number of amides is 1. The number of carbonyl (C=O) groups is 1. The fourth-order valence-electron chi connectivity index (χ4n) is 3.50. The van der Waals surface area contributed by atoms with Crippen molar-refractivity contribution in [1.29, 1.82) is 0 Å². The minimum absolute atomic E-state index is 0. The number of aromatic nitrogens is 3. The molecule has 26 heavy (non-hydrogen) atoms. The molecule has 2 aromatic heterocycles. The Morgan fingerprint density at radius 2 is 1.92 bits per heavy atom. The van der Waals surface area contributed by atoms with E-state index in [2.05, 4.69) is 15.4 Å². The minimum atomic E-state index is -0.122. The van der Waals surface area contributed by atoms with Crippen LogP contribution < -0.4 is 10.9 Å². The van der Waals surface area contributed by atoms with E-state index in [9.17, 15) is 9.59 Å². The molecule has 1 amide bonds. The van der Waals surface area contributed by atoms with Crippen molar-refractivity contribution in [1.82, 2.24) is 25.0 Å². The van der Waals surface area contributed by atoms with E-state index in [1.54, 1.807) is 11.7 Å². The first kappa shape index (κ1) is 22.5. The fraction of sp³-hybridized carbons (Fsp3) is 0.588. The number of hydrogen-bond acceptors (Lipinski definition) is 4. The van der Waals surface area contributed by atoms with E-state index in [1.165, 1.54) is 0 Å². The Labute approximate surface area is 165 Å². The maximum absolute atomic E-state index is 12.5. The topological polar surface area (TPSA) is 83.0 Å². The van der Waals surface area contributed by atoms with Gasteiger partial charge in [0.1, 0.15) is 0 Å². The fourth-order valence-corrected chi connectivity index (χ4v) is 3.50. The first-order valence-corrected chi connectivity index (χ1v) is 8.52. The Morgan fingerprint density at radius 3 is 2.65 bits per heavy atom. The van der Waals surface area contributed by atoms with Crippen molar-refractivity contribution in [3.63, 3.8) is 0 Å². The van der Waals surface area contributed by atoms with Crippen molar-refractivity contribution in [3.05, 3.63) is 27.2 Å². The Bertz CT molecular complexity index is 823. The normalized spacial score (nSPS) is 14.5. The molecule has 7 nitrogen and oxygen atoms in total. The smallest absolute Gasteiger partial charge is 0.273 e. The molecule has 2 N–H and O–H groups in total. The average molecular weight is 404 g/mol. The number of halogens is 2. The predicted octanol–water partition coefficient (Wildman–Crippen LogP) is 1.48. The lowest BCUT2D eigenvalue weighted by atomic mass is 10.00. The quantitative estimate of drug-likeness (QED) is 0.812. The summed E-state index contributed by atoms with van der Waals surface area (Å²) in [5.41, 5.74) is 3.39.